The van der Waals surface area contributed by atoms with Crippen molar-refractivity contribution in [2.24, 2.45) is 5.41 Å². The average Bonchev–Trinajstić information content (AvgIpc) is 2.76. The van der Waals surface area contributed by atoms with E-state index in [9.17, 15) is 4.79 Å². The Morgan fingerprint density at radius 2 is 1.36 bits per heavy atom. The third-order valence-corrected chi connectivity index (χ3v) is 23.6. The first-order valence-electron chi connectivity index (χ1n) is 14.3. The first-order valence-corrected chi connectivity index (χ1v) is 22.6. The molecule has 0 aromatic carbocycles. The van der Waals surface area contributed by atoms with E-state index in [4.69, 9.17) is 18.0 Å². The van der Waals surface area contributed by atoms with Crippen LogP contribution in [0.4, 0.5) is 0 Å². The lowest BCUT2D eigenvalue weighted by molar-refractivity contribution is -0.188. The monoisotopic (exact) mass is 560 g/mol. The van der Waals surface area contributed by atoms with Crippen LogP contribution in [0.3, 0.4) is 0 Å². The van der Waals surface area contributed by atoms with Gasteiger partial charge in [0.25, 0.3) is 0 Å². The van der Waals surface area contributed by atoms with Crippen LogP contribution in [0.1, 0.15) is 82.1 Å². The van der Waals surface area contributed by atoms with E-state index in [-0.39, 0.29) is 27.7 Å². The molecule has 0 amide bonds. The van der Waals surface area contributed by atoms with Gasteiger partial charge in [-0.1, -0.05) is 69.2 Å². The normalized spacial score (nSPS) is 26.8. The summed E-state index contributed by atoms with van der Waals surface area (Å²) in [6, 6.07) is 3.25. The third-order valence-electron chi connectivity index (χ3n) is 9.93. The van der Waals surface area contributed by atoms with E-state index < -0.39 is 31.1 Å². The zero-order valence-electron chi connectivity index (χ0n) is 26.3. The Hall–Kier alpha value is 0.161. The summed E-state index contributed by atoms with van der Waals surface area (Å²) >= 11 is 0. The molecule has 1 rings (SSSR count). The van der Waals surface area contributed by atoms with Gasteiger partial charge in [-0.15, -0.1) is 0 Å². The molecule has 0 aliphatic carbocycles. The molecule has 0 N–H and O–H groups in total. The Balaban J connectivity index is 3.35. The Bertz CT molecular complexity index is 686. The van der Waals surface area contributed by atoms with Crippen LogP contribution in [0.15, 0.2) is 0 Å². The topological polar surface area (TPSA) is 54.0 Å². The van der Waals surface area contributed by atoms with Crippen molar-refractivity contribution in [2.75, 3.05) is 13.2 Å². The van der Waals surface area contributed by atoms with Gasteiger partial charge in [0, 0.05) is 25.0 Å². The number of rotatable bonds is 13. The minimum absolute atomic E-state index is 0.0596. The Labute approximate surface area is 227 Å². The van der Waals surface area contributed by atoms with Gasteiger partial charge in [0.15, 0.2) is 25.0 Å². The maximum atomic E-state index is 12.0. The van der Waals surface area contributed by atoms with Crippen LogP contribution in [0.25, 0.3) is 0 Å². The third kappa shape index (κ3) is 8.09. The van der Waals surface area contributed by atoms with E-state index in [2.05, 4.69) is 95.4 Å². The van der Waals surface area contributed by atoms with Crippen LogP contribution in [-0.2, 0) is 22.8 Å². The highest BCUT2D eigenvalue weighted by Gasteiger charge is 2.52. The number of hydrogen-bond donors (Lipinski definition) is 0. The molecule has 36 heavy (non-hydrogen) atoms. The Morgan fingerprint density at radius 1 is 0.889 bits per heavy atom. The second-order valence-electron chi connectivity index (χ2n) is 14.3. The molecular formula is C28H60O5Si3. The molecule has 0 radical (unpaired) electrons. The summed E-state index contributed by atoms with van der Waals surface area (Å²) in [5.41, 5.74) is -0.344. The van der Waals surface area contributed by atoms with Crippen molar-refractivity contribution in [2.45, 2.75) is 155 Å². The number of hydrogen-bond acceptors (Lipinski definition) is 5. The fraction of sp³-hybridized carbons (Fsp3) is 0.964. The summed E-state index contributed by atoms with van der Waals surface area (Å²) in [5.74, 6) is 0. The number of carbonyl (C=O) groups is 1. The molecule has 0 saturated carbocycles. The van der Waals surface area contributed by atoms with Gasteiger partial charge in [0.05, 0.1) is 12.2 Å². The minimum atomic E-state index is -1.98. The van der Waals surface area contributed by atoms with Gasteiger partial charge in [-0.2, -0.15) is 0 Å². The quantitative estimate of drug-likeness (QED) is 0.168. The average molecular weight is 561 g/mol. The molecule has 1 heterocycles. The van der Waals surface area contributed by atoms with Crippen LogP contribution in [-0.4, -0.2) is 62.8 Å². The van der Waals surface area contributed by atoms with Crippen molar-refractivity contribution in [3.05, 3.63) is 0 Å². The summed E-state index contributed by atoms with van der Waals surface area (Å²) in [7, 11) is -5.77. The van der Waals surface area contributed by atoms with Crippen molar-refractivity contribution in [3.63, 3.8) is 0 Å². The molecule has 0 bridgehead atoms. The van der Waals surface area contributed by atoms with Crippen molar-refractivity contribution in [1.82, 2.24) is 0 Å². The molecule has 214 valence electrons. The van der Waals surface area contributed by atoms with E-state index in [0.29, 0.717) is 19.6 Å². The first-order chi connectivity index (χ1) is 16.2. The summed E-state index contributed by atoms with van der Waals surface area (Å²) < 4.78 is 27.1. The Morgan fingerprint density at radius 3 is 1.78 bits per heavy atom. The molecule has 1 aliphatic rings. The molecule has 4 atom stereocenters. The zero-order valence-corrected chi connectivity index (χ0v) is 29.3. The van der Waals surface area contributed by atoms with Crippen molar-refractivity contribution < 1.29 is 22.8 Å². The van der Waals surface area contributed by atoms with Crippen LogP contribution in [0.2, 0.25) is 54.4 Å². The smallest absolute Gasteiger partial charge is 0.192 e. The van der Waals surface area contributed by atoms with Gasteiger partial charge in [0.2, 0.25) is 0 Å². The van der Waals surface area contributed by atoms with Gasteiger partial charge < -0.3 is 22.8 Å². The fourth-order valence-electron chi connectivity index (χ4n) is 4.46. The lowest BCUT2D eigenvalue weighted by atomic mass is 9.74. The standard InChI is InChI=1S/C28H60O5Si3/c1-15-36(16-2,17-3)33-25-20-23(21-29)32-24(18-19-30-34(11,12)26(4,5)6)28(25,10)22-31-35(13,14)27(7,8)9/h21,23-25H,15-20,22H2,1-14H3/t23-,24-,25+,28-/m1/s1. The molecule has 0 spiro atoms. The maximum absolute atomic E-state index is 12.0. The van der Waals surface area contributed by atoms with E-state index in [1.807, 2.05) is 0 Å². The second kappa shape index (κ2) is 12.6. The van der Waals surface area contributed by atoms with Crippen molar-refractivity contribution in [3.8, 4) is 0 Å². The van der Waals surface area contributed by atoms with E-state index in [1.54, 1.807) is 0 Å². The molecule has 5 nitrogen and oxygen atoms in total. The van der Waals surface area contributed by atoms with Gasteiger partial charge >= 0.3 is 0 Å². The number of ether oxygens (including phenoxy) is 1. The molecule has 8 heteroatoms. The van der Waals surface area contributed by atoms with E-state index in [1.165, 1.54) is 0 Å². The Kier molecular flexibility index (Phi) is 11.9. The first kappa shape index (κ1) is 34.2. The largest absolute Gasteiger partial charge is 0.417 e. The van der Waals surface area contributed by atoms with Gasteiger partial charge in [0.1, 0.15) is 12.4 Å². The highest BCUT2D eigenvalue weighted by Crippen LogP contribution is 2.46. The predicted octanol–water partition coefficient (Wildman–Crippen LogP) is 8.17. The lowest BCUT2D eigenvalue weighted by Gasteiger charge is -2.52. The number of carbonyl (C=O) groups excluding carboxylic acids is 1. The molecule has 1 aliphatic heterocycles. The second-order valence-corrected chi connectivity index (χ2v) is 28.7. The summed E-state index contributed by atoms with van der Waals surface area (Å²) in [5, 5.41) is 0.275. The predicted molar refractivity (Wildman–Crippen MR) is 160 cm³/mol. The van der Waals surface area contributed by atoms with Crippen LogP contribution in [0.5, 0.6) is 0 Å². The molecule has 0 unspecified atom stereocenters. The highest BCUT2D eigenvalue weighted by atomic mass is 28.4. The number of aldehydes is 1. The molecule has 0 aromatic rings. The SMILES string of the molecule is CC[Si](CC)(CC)O[C@H]1C[C@H](C=O)O[C@H](CCO[Si](C)(C)C(C)(C)C)[C@@]1(C)CO[Si](C)(C)C(C)(C)C. The summed E-state index contributed by atoms with van der Waals surface area (Å²) in [4.78, 5) is 12.0. The fourth-order valence-corrected chi connectivity index (χ4v) is 9.59. The summed E-state index contributed by atoms with van der Waals surface area (Å²) in [6.45, 7) is 33.1. The minimum Gasteiger partial charge on any atom is -0.417 e. The molecule has 1 saturated heterocycles. The van der Waals surface area contributed by atoms with Gasteiger partial charge in [-0.25, -0.2) is 0 Å². The molecule has 0 aromatic heterocycles. The zero-order chi connectivity index (χ0) is 28.2. The lowest BCUT2D eigenvalue weighted by Crippen LogP contribution is -2.60. The van der Waals surface area contributed by atoms with E-state index >= 15 is 0 Å². The van der Waals surface area contributed by atoms with Crippen molar-refractivity contribution >= 4 is 31.2 Å². The molecular weight excluding hydrogens is 501 g/mol. The molecule has 1 fully saturated rings. The van der Waals surface area contributed by atoms with Crippen molar-refractivity contribution in [1.29, 1.82) is 0 Å². The van der Waals surface area contributed by atoms with E-state index in [0.717, 1.165) is 30.8 Å². The van der Waals surface area contributed by atoms with Crippen LogP contribution >= 0.6 is 0 Å². The summed E-state index contributed by atoms with van der Waals surface area (Å²) in [6.07, 6.45) is 1.67. The van der Waals surface area contributed by atoms with Gasteiger partial charge in [-0.05, 0) is 60.8 Å². The van der Waals surface area contributed by atoms with Gasteiger partial charge in [-0.3, -0.25) is 0 Å². The van der Waals surface area contributed by atoms with Crippen LogP contribution < -0.4 is 0 Å². The maximum Gasteiger partial charge on any atom is 0.192 e. The van der Waals surface area contributed by atoms with Crippen LogP contribution in [0, 0.1) is 5.41 Å². The highest BCUT2D eigenvalue weighted by molar-refractivity contribution is 6.74.